The number of nitrogens with two attached hydrogens (primary N) is 1. The maximum atomic E-state index is 12.0. The molecule has 0 aliphatic carbocycles. The first-order valence-corrected chi connectivity index (χ1v) is 8.35. The fraction of sp³-hybridized carbons (Fsp3) is 0.588. The lowest BCUT2D eigenvalue weighted by Crippen LogP contribution is -2.39. The number of carbonyl (C=O) groups is 1. The van der Waals surface area contributed by atoms with Crippen molar-refractivity contribution in [3.63, 3.8) is 0 Å². The molecule has 0 amide bonds. The Balaban J connectivity index is 1.86. The van der Waals surface area contributed by atoms with Gasteiger partial charge in [0.15, 0.2) is 5.82 Å². The molecule has 4 N–H and O–H groups in total. The van der Waals surface area contributed by atoms with Crippen LogP contribution in [-0.2, 0) is 19.9 Å². The van der Waals surface area contributed by atoms with Crippen LogP contribution in [0.4, 0.5) is 5.82 Å². The third-order valence-corrected chi connectivity index (χ3v) is 4.65. The van der Waals surface area contributed by atoms with Gasteiger partial charge in [-0.3, -0.25) is 4.79 Å². The minimum Gasteiger partial charge on any atom is -0.462 e. The number of ether oxygens (including phenoxy) is 2. The summed E-state index contributed by atoms with van der Waals surface area (Å²) in [5.41, 5.74) is 4.99. The molecule has 9 heteroatoms. The number of carbonyl (C=O) groups excluding carboxylic acids is 1. The second-order valence-electron chi connectivity index (χ2n) is 7.71. The molecule has 3 rings (SSSR count). The van der Waals surface area contributed by atoms with Crippen LogP contribution in [0.1, 0.15) is 33.4 Å². The van der Waals surface area contributed by atoms with Crippen molar-refractivity contribution in [2.24, 2.45) is 5.41 Å². The van der Waals surface area contributed by atoms with Crippen LogP contribution in [0.15, 0.2) is 18.5 Å². The van der Waals surface area contributed by atoms with Crippen LogP contribution < -0.4 is 5.73 Å². The van der Waals surface area contributed by atoms with Crippen LogP contribution in [0.3, 0.4) is 0 Å². The molecule has 2 aromatic rings. The average Bonchev–Trinajstić information content (AvgIpc) is 3.09. The standard InChI is InChI=1S/C17H24N4O5/c1-16(2,3)15(24)25-7-10-12(22)13(23)17(4,26-10)11-6-5-9-14(18)19-8-20-21(9)11/h5-6,8,10,12-13,22-23H,7H2,1-4H3,(H2,18,19,20)/t10-,12-,13-,17+/m1/s1. The molecule has 4 atom stereocenters. The maximum absolute atomic E-state index is 12.0. The molecule has 0 aromatic carbocycles. The molecule has 0 unspecified atom stereocenters. The Morgan fingerprint density at radius 3 is 2.77 bits per heavy atom. The predicted molar refractivity (Wildman–Crippen MR) is 92.1 cm³/mol. The minimum atomic E-state index is -1.26. The molecule has 26 heavy (non-hydrogen) atoms. The first-order valence-electron chi connectivity index (χ1n) is 8.35. The molecule has 1 aliphatic heterocycles. The molecule has 0 bridgehead atoms. The van der Waals surface area contributed by atoms with Gasteiger partial charge in [0.1, 0.15) is 42.4 Å². The van der Waals surface area contributed by atoms with Crippen molar-refractivity contribution in [3.8, 4) is 0 Å². The van der Waals surface area contributed by atoms with Gasteiger partial charge in [-0.15, -0.1) is 0 Å². The van der Waals surface area contributed by atoms with E-state index in [2.05, 4.69) is 10.1 Å². The van der Waals surface area contributed by atoms with Gasteiger partial charge in [0.25, 0.3) is 0 Å². The number of anilines is 1. The van der Waals surface area contributed by atoms with E-state index in [9.17, 15) is 15.0 Å². The first-order chi connectivity index (χ1) is 12.1. The fourth-order valence-electron chi connectivity index (χ4n) is 3.03. The van der Waals surface area contributed by atoms with Crippen LogP contribution in [0.25, 0.3) is 5.52 Å². The number of rotatable bonds is 3. The molecular weight excluding hydrogens is 340 g/mol. The van der Waals surface area contributed by atoms with Crippen molar-refractivity contribution in [1.29, 1.82) is 0 Å². The van der Waals surface area contributed by atoms with E-state index >= 15 is 0 Å². The highest BCUT2D eigenvalue weighted by atomic mass is 16.6. The smallest absolute Gasteiger partial charge is 0.311 e. The van der Waals surface area contributed by atoms with E-state index in [0.717, 1.165) is 0 Å². The molecule has 0 radical (unpaired) electrons. The van der Waals surface area contributed by atoms with E-state index in [1.54, 1.807) is 39.8 Å². The Bertz CT molecular complexity index is 830. The lowest BCUT2D eigenvalue weighted by Gasteiger charge is -2.27. The Morgan fingerprint density at radius 2 is 2.12 bits per heavy atom. The van der Waals surface area contributed by atoms with Crippen molar-refractivity contribution >= 4 is 17.3 Å². The van der Waals surface area contributed by atoms with Crippen LogP contribution in [0, 0.1) is 5.41 Å². The van der Waals surface area contributed by atoms with Gasteiger partial charge in [0.05, 0.1) is 11.1 Å². The molecule has 2 aromatic heterocycles. The van der Waals surface area contributed by atoms with E-state index in [1.165, 1.54) is 10.8 Å². The average molecular weight is 364 g/mol. The van der Waals surface area contributed by atoms with E-state index < -0.39 is 35.3 Å². The SMILES string of the molecule is CC(C)(C)C(=O)OC[C@H]1O[C@@](C)(c2ccc3c(N)ncnn23)[C@H](O)[C@@H]1O. The van der Waals surface area contributed by atoms with Gasteiger partial charge in [-0.2, -0.15) is 5.10 Å². The molecule has 142 valence electrons. The third kappa shape index (κ3) is 2.91. The quantitative estimate of drug-likeness (QED) is 0.660. The third-order valence-electron chi connectivity index (χ3n) is 4.65. The van der Waals surface area contributed by atoms with Crippen LogP contribution in [-0.4, -0.2) is 55.7 Å². The maximum Gasteiger partial charge on any atom is 0.311 e. The van der Waals surface area contributed by atoms with Crippen molar-refractivity contribution in [1.82, 2.24) is 14.6 Å². The molecule has 0 saturated carbocycles. The first kappa shape index (κ1) is 18.6. The highest BCUT2D eigenvalue weighted by molar-refractivity contribution is 5.75. The summed E-state index contributed by atoms with van der Waals surface area (Å²) < 4.78 is 12.7. The summed E-state index contributed by atoms with van der Waals surface area (Å²) in [6.45, 7) is 6.68. The number of hydrogen-bond donors (Lipinski definition) is 3. The van der Waals surface area contributed by atoms with Crippen molar-refractivity contribution in [2.75, 3.05) is 12.3 Å². The van der Waals surface area contributed by atoms with Crippen LogP contribution >= 0.6 is 0 Å². The second-order valence-corrected chi connectivity index (χ2v) is 7.71. The van der Waals surface area contributed by atoms with E-state index in [4.69, 9.17) is 15.2 Å². The largest absolute Gasteiger partial charge is 0.462 e. The van der Waals surface area contributed by atoms with Gasteiger partial charge in [-0.05, 0) is 39.8 Å². The predicted octanol–water partition coefficient (Wildman–Crippen LogP) is 0.237. The zero-order chi connectivity index (χ0) is 19.3. The molecule has 1 saturated heterocycles. The van der Waals surface area contributed by atoms with Gasteiger partial charge in [0.2, 0.25) is 0 Å². The number of nitrogen functional groups attached to an aromatic ring is 1. The number of aliphatic hydroxyl groups excluding tert-OH is 2. The molecule has 1 aliphatic rings. The Morgan fingerprint density at radius 1 is 1.42 bits per heavy atom. The number of nitrogens with zero attached hydrogens (tertiary/aromatic N) is 3. The highest BCUT2D eigenvalue weighted by Crippen LogP contribution is 2.40. The zero-order valence-electron chi connectivity index (χ0n) is 15.2. The molecular formula is C17H24N4O5. The molecule has 0 spiro atoms. The summed E-state index contributed by atoms with van der Waals surface area (Å²) in [7, 11) is 0. The summed E-state index contributed by atoms with van der Waals surface area (Å²) in [5, 5.41) is 25.2. The Hall–Kier alpha value is -2.23. The lowest BCUT2D eigenvalue weighted by atomic mass is 9.93. The van der Waals surface area contributed by atoms with Gasteiger partial charge in [-0.25, -0.2) is 9.50 Å². The van der Waals surface area contributed by atoms with E-state index in [0.29, 0.717) is 17.0 Å². The van der Waals surface area contributed by atoms with Crippen molar-refractivity contribution in [3.05, 3.63) is 24.2 Å². The summed E-state index contributed by atoms with van der Waals surface area (Å²) in [5.74, 6) is -0.122. The topological polar surface area (TPSA) is 132 Å². The van der Waals surface area contributed by atoms with Gasteiger partial charge in [-0.1, -0.05) is 0 Å². The Kier molecular flexibility index (Phi) is 4.41. The van der Waals surface area contributed by atoms with Crippen LogP contribution in [0.5, 0.6) is 0 Å². The van der Waals surface area contributed by atoms with E-state index in [1.807, 2.05) is 0 Å². The Labute approximate surface area is 150 Å². The zero-order valence-corrected chi connectivity index (χ0v) is 15.2. The second kappa shape index (κ2) is 6.19. The summed E-state index contributed by atoms with van der Waals surface area (Å²) >= 11 is 0. The number of fused-ring (bicyclic) bond motifs is 1. The lowest BCUT2D eigenvalue weighted by molar-refractivity contribution is -0.160. The monoisotopic (exact) mass is 364 g/mol. The molecule has 1 fully saturated rings. The van der Waals surface area contributed by atoms with E-state index in [-0.39, 0.29) is 6.61 Å². The van der Waals surface area contributed by atoms with Crippen LogP contribution in [0.2, 0.25) is 0 Å². The van der Waals surface area contributed by atoms with Gasteiger partial charge < -0.3 is 25.4 Å². The number of esters is 1. The highest BCUT2D eigenvalue weighted by Gasteiger charge is 2.54. The summed E-state index contributed by atoms with van der Waals surface area (Å²) in [6, 6.07) is 3.42. The van der Waals surface area contributed by atoms with Gasteiger partial charge in [0, 0.05) is 0 Å². The number of aliphatic hydroxyl groups is 2. The molecule has 9 nitrogen and oxygen atoms in total. The van der Waals surface area contributed by atoms with Gasteiger partial charge >= 0.3 is 5.97 Å². The fourth-order valence-corrected chi connectivity index (χ4v) is 3.03. The number of hydrogen-bond acceptors (Lipinski definition) is 8. The molecule has 3 heterocycles. The normalized spacial score (nSPS) is 29.2. The number of aromatic nitrogens is 3. The minimum absolute atomic E-state index is 0.162. The van der Waals surface area contributed by atoms with Crippen molar-refractivity contribution in [2.45, 2.75) is 51.6 Å². The van der Waals surface area contributed by atoms with Crippen molar-refractivity contribution < 1.29 is 24.5 Å². The summed E-state index contributed by atoms with van der Waals surface area (Å²) in [4.78, 5) is 15.9. The summed E-state index contributed by atoms with van der Waals surface area (Å²) in [6.07, 6.45) is -2.03.